The number of hydrogen-bond donors (Lipinski definition) is 1. The number of amides is 1. The fraction of sp³-hybridized carbons (Fsp3) is 0. The van der Waals surface area contributed by atoms with Crippen LogP contribution in [0.15, 0.2) is 46.3 Å². The number of benzene rings is 1. The number of thiophene rings is 1. The second-order valence-electron chi connectivity index (χ2n) is 3.46. The lowest BCUT2D eigenvalue weighted by Crippen LogP contribution is -2.08. The molecule has 1 N–H and O–H groups in total. The molecule has 1 aromatic carbocycles. The molecule has 0 unspecified atom stereocenters. The van der Waals surface area contributed by atoms with Gasteiger partial charge in [0, 0.05) is 15.4 Å². The number of anilines is 1. The van der Waals surface area contributed by atoms with Crippen molar-refractivity contribution >= 4 is 56.5 Å². The predicted molar refractivity (Wildman–Crippen MR) is 81.1 cm³/mol. The van der Waals surface area contributed by atoms with Crippen LogP contribution in [-0.4, -0.2) is 5.91 Å². The third-order valence-corrected chi connectivity index (χ3v) is 3.79. The van der Waals surface area contributed by atoms with Gasteiger partial charge < -0.3 is 5.32 Å². The molecule has 0 saturated carbocycles. The molecule has 0 spiro atoms. The van der Waals surface area contributed by atoms with E-state index in [0.717, 1.165) is 9.35 Å². The quantitative estimate of drug-likeness (QED) is 0.796. The zero-order valence-electron chi connectivity index (χ0n) is 9.19. The summed E-state index contributed by atoms with van der Waals surface area (Å²) in [5, 5.41) is 5.20. The first-order valence-corrected chi connectivity index (χ1v) is 7.18. The SMILES string of the molecule is O=C(C=Cc1cccs1)Nc1cc(Br)ccc1Cl. The highest BCUT2D eigenvalue weighted by Crippen LogP contribution is 2.25. The van der Waals surface area contributed by atoms with Gasteiger partial charge in [0.25, 0.3) is 0 Å². The largest absolute Gasteiger partial charge is 0.321 e. The van der Waals surface area contributed by atoms with Crippen LogP contribution in [-0.2, 0) is 4.79 Å². The Balaban J connectivity index is 2.05. The third-order valence-electron chi connectivity index (χ3n) is 2.13. The number of nitrogens with one attached hydrogen (secondary N) is 1. The topological polar surface area (TPSA) is 29.1 Å². The lowest BCUT2D eigenvalue weighted by Gasteiger charge is -2.05. The van der Waals surface area contributed by atoms with E-state index in [1.165, 1.54) is 6.08 Å². The lowest BCUT2D eigenvalue weighted by molar-refractivity contribution is -0.111. The van der Waals surface area contributed by atoms with Gasteiger partial charge in [-0.15, -0.1) is 11.3 Å². The van der Waals surface area contributed by atoms with Gasteiger partial charge >= 0.3 is 0 Å². The number of rotatable bonds is 3. The van der Waals surface area contributed by atoms with E-state index in [-0.39, 0.29) is 5.91 Å². The van der Waals surface area contributed by atoms with Gasteiger partial charge in [-0.1, -0.05) is 33.6 Å². The van der Waals surface area contributed by atoms with Gasteiger partial charge in [0.05, 0.1) is 10.7 Å². The van der Waals surface area contributed by atoms with Crippen molar-refractivity contribution in [2.24, 2.45) is 0 Å². The highest BCUT2D eigenvalue weighted by Gasteiger charge is 2.03. The van der Waals surface area contributed by atoms with E-state index >= 15 is 0 Å². The second kappa shape index (κ2) is 6.18. The molecular formula is C13H9BrClNOS. The molecule has 0 aliphatic heterocycles. The van der Waals surface area contributed by atoms with Crippen LogP contribution in [0, 0.1) is 0 Å². The van der Waals surface area contributed by atoms with E-state index in [1.54, 1.807) is 29.5 Å². The minimum Gasteiger partial charge on any atom is -0.321 e. The van der Waals surface area contributed by atoms with Gasteiger partial charge in [-0.2, -0.15) is 0 Å². The maximum Gasteiger partial charge on any atom is 0.248 e. The van der Waals surface area contributed by atoms with Crippen LogP contribution < -0.4 is 5.32 Å². The van der Waals surface area contributed by atoms with E-state index in [2.05, 4.69) is 21.2 Å². The van der Waals surface area contributed by atoms with Crippen molar-refractivity contribution in [1.82, 2.24) is 0 Å². The van der Waals surface area contributed by atoms with E-state index in [9.17, 15) is 4.79 Å². The van der Waals surface area contributed by atoms with Gasteiger partial charge in [0.2, 0.25) is 5.91 Å². The second-order valence-corrected chi connectivity index (χ2v) is 5.76. The lowest BCUT2D eigenvalue weighted by atomic mass is 10.3. The van der Waals surface area contributed by atoms with Gasteiger partial charge in [-0.05, 0) is 35.7 Å². The fourth-order valence-electron chi connectivity index (χ4n) is 1.31. The molecule has 5 heteroatoms. The maximum absolute atomic E-state index is 11.7. The Bertz CT molecular complexity index is 581. The summed E-state index contributed by atoms with van der Waals surface area (Å²) in [6.45, 7) is 0. The normalized spacial score (nSPS) is 10.8. The Hall–Kier alpha value is -1.10. The number of halogens is 2. The highest BCUT2D eigenvalue weighted by atomic mass is 79.9. The summed E-state index contributed by atoms with van der Waals surface area (Å²) in [7, 11) is 0. The average Bonchev–Trinajstić information content (AvgIpc) is 2.84. The fourth-order valence-corrected chi connectivity index (χ4v) is 2.46. The first-order chi connectivity index (χ1) is 8.65. The molecule has 2 aromatic rings. The summed E-state index contributed by atoms with van der Waals surface area (Å²) >= 11 is 10.9. The molecule has 0 radical (unpaired) electrons. The first-order valence-electron chi connectivity index (χ1n) is 5.13. The molecule has 0 atom stereocenters. The van der Waals surface area contributed by atoms with Crippen LogP contribution in [0.3, 0.4) is 0 Å². The molecule has 1 amide bonds. The minimum atomic E-state index is -0.205. The monoisotopic (exact) mass is 341 g/mol. The van der Waals surface area contributed by atoms with E-state index in [4.69, 9.17) is 11.6 Å². The smallest absolute Gasteiger partial charge is 0.248 e. The average molecular weight is 343 g/mol. The molecule has 0 aliphatic carbocycles. The molecular weight excluding hydrogens is 334 g/mol. The molecule has 0 fully saturated rings. The van der Waals surface area contributed by atoms with Gasteiger partial charge in [0.1, 0.15) is 0 Å². The van der Waals surface area contributed by atoms with Crippen LogP contribution in [0.25, 0.3) is 6.08 Å². The van der Waals surface area contributed by atoms with E-state index in [1.807, 2.05) is 23.6 Å². The van der Waals surface area contributed by atoms with E-state index in [0.29, 0.717) is 10.7 Å². The Morgan fingerprint density at radius 2 is 2.22 bits per heavy atom. The van der Waals surface area contributed by atoms with Crippen LogP contribution >= 0.6 is 38.9 Å². The Labute approximate surface area is 122 Å². The van der Waals surface area contributed by atoms with Crippen molar-refractivity contribution in [2.75, 3.05) is 5.32 Å². The third kappa shape index (κ3) is 3.70. The zero-order chi connectivity index (χ0) is 13.0. The molecule has 0 aliphatic rings. The minimum absolute atomic E-state index is 0.205. The highest BCUT2D eigenvalue weighted by molar-refractivity contribution is 9.10. The number of hydrogen-bond acceptors (Lipinski definition) is 2. The van der Waals surface area contributed by atoms with Crippen molar-refractivity contribution in [3.05, 3.63) is 56.2 Å². The summed E-state index contributed by atoms with van der Waals surface area (Å²) in [5.74, 6) is -0.205. The van der Waals surface area contributed by atoms with Crippen LogP contribution in [0.4, 0.5) is 5.69 Å². The molecule has 0 saturated heterocycles. The van der Waals surface area contributed by atoms with Crippen LogP contribution in [0.2, 0.25) is 5.02 Å². The predicted octanol–water partition coefficient (Wildman–Crippen LogP) is 4.82. The zero-order valence-corrected chi connectivity index (χ0v) is 12.3. The summed E-state index contributed by atoms with van der Waals surface area (Å²) < 4.78 is 0.865. The summed E-state index contributed by atoms with van der Waals surface area (Å²) in [5.41, 5.74) is 0.590. The van der Waals surface area contributed by atoms with Crippen LogP contribution in [0.5, 0.6) is 0 Å². The summed E-state index contributed by atoms with van der Waals surface area (Å²) in [4.78, 5) is 12.7. The molecule has 1 aromatic heterocycles. The summed E-state index contributed by atoms with van der Waals surface area (Å²) in [6, 6.07) is 9.19. The molecule has 92 valence electrons. The molecule has 0 bridgehead atoms. The molecule has 2 rings (SSSR count). The number of carbonyl (C=O) groups excluding carboxylic acids is 1. The van der Waals surface area contributed by atoms with Gasteiger partial charge in [-0.3, -0.25) is 4.79 Å². The van der Waals surface area contributed by atoms with Crippen molar-refractivity contribution in [1.29, 1.82) is 0 Å². The van der Waals surface area contributed by atoms with Gasteiger partial charge in [-0.25, -0.2) is 0 Å². The Morgan fingerprint density at radius 3 is 2.94 bits per heavy atom. The van der Waals surface area contributed by atoms with Crippen molar-refractivity contribution in [3.63, 3.8) is 0 Å². The summed E-state index contributed by atoms with van der Waals surface area (Å²) in [6.07, 6.45) is 3.26. The first kappa shape index (κ1) is 13.3. The van der Waals surface area contributed by atoms with Crippen molar-refractivity contribution < 1.29 is 4.79 Å². The molecule has 18 heavy (non-hydrogen) atoms. The van der Waals surface area contributed by atoms with Crippen molar-refractivity contribution in [3.8, 4) is 0 Å². The van der Waals surface area contributed by atoms with Crippen molar-refractivity contribution in [2.45, 2.75) is 0 Å². The van der Waals surface area contributed by atoms with Gasteiger partial charge in [0.15, 0.2) is 0 Å². The molecule has 1 heterocycles. The molecule has 2 nitrogen and oxygen atoms in total. The van der Waals surface area contributed by atoms with E-state index < -0.39 is 0 Å². The van der Waals surface area contributed by atoms with Crippen LogP contribution in [0.1, 0.15) is 4.88 Å². The number of carbonyl (C=O) groups is 1. The Kier molecular flexibility index (Phi) is 4.58. The maximum atomic E-state index is 11.7. The standard InChI is InChI=1S/C13H9BrClNOS/c14-9-3-5-11(15)12(8-9)16-13(17)6-4-10-2-1-7-18-10/h1-8H,(H,16,17). The Morgan fingerprint density at radius 1 is 1.39 bits per heavy atom.